The van der Waals surface area contributed by atoms with E-state index in [0.29, 0.717) is 17.1 Å². The highest BCUT2D eigenvalue weighted by molar-refractivity contribution is 9.10. The molecule has 0 atom stereocenters. The van der Waals surface area contributed by atoms with Crippen molar-refractivity contribution in [1.82, 2.24) is 0 Å². The summed E-state index contributed by atoms with van der Waals surface area (Å²) in [6.45, 7) is 1.37. The van der Waals surface area contributed by atoms with Gasteiger partial charge in [0, 0.05) is 25.3 Å². The summed E-state index contributed by atoms with van der Waals surface area (Å²) >= 11 is 3.54. The van der Waals surface area contributed by atoms with Crippen LogP contribution in [0.5, 0.6) is 5.75 Å². The van der Waals surface area contributed by atoms with Gasteiger partial charge in [-0.1, -0.05) is 36.4 Å². The predicted molar refractivity (Wildman–Crippen MR) is 111 cm³/mol. The van der Waals surface area contributed by atoms with E-state index in [1.807, 2.05) is 36.4 Å². The van der Waals surface area contributed by atoms with Crippen LogP contribution in [0.4, 0.5) is 11.4 Å². The molecule has 3 rings (SSSR count). The first-order valence-corrected chi connectivity index (χ1v) is 9.19. The third-order valence-electron chi connectivity index (χ3n) is 4.18. The molecule has 5 nitrogen and oxygen atoms in total. The van der Waals surface area contributed by atoms with Gasteiger partial charge in [0.05, 0.1) is 4.47 Å². The summed E-state index contributed by atoms with van der Waals surface area (Å²) in [5, 5.41) is 4.90. The average Bonchev–Trinajstić information content (AvgIpc) is 2.67. The molecule has 0 aliphatic rings. The summed E-state index contributed by atoms with van der Waals surface area (Å²) in [6.07, 6.45) is 0. The highest BCUT2D eigenvalue weighted by Crippen LogP contribution is 2.33. The zero-order valence-corrected chi connectivity index (χ0v) is 16.6. The van der Waals surface area contributed by atoms with Crippen molar-refractivity contribution in [3.63, 3.8) is 0 Å². The zero-order valence-electron chi connectivity index (χ0n) is 15.0. The molecule has 0 aliphatic heterocycles. The van der Waals surface area contributed by atoms with Crippen LogP contribution in [0.2, 0.25) is 0 Å². The minimum Gasteiger partial charge on any atom is -0.483 e. The van der Waals surface area contributed by atoms with E-state index in [9.17, 15) is 9.59 Å². The van der Waals surface area contributed by atoms with Crippen molar-refractivity contribution in [2.24, 2.45) is 0 Å². The second-order valence-corrected chi connectivity index (χ2v) is 6.86. The third-order valence-corrected chi connectivity index (χ3v) is 4.99. The Balaban J connectivity index is 1.66. The fraction of sp³-hybridized carbons (Fsp3) is 0.143. The number of hydrogen-bond acceptors (Lipinski definition) is 3. The van der Waals surface area contributed by atoms with Crippen LogP contribution >= 0.6 is 15.9 Å². The van der Waals surface area contributed by atoms with Crippen molar-refractivity contribution >= 4 is 49.9 Å². The number of nitrogens with one attached hydrogen (secondary N) is 1. The number of anilines is 2. The lowest BCUT2D eigenvalue weighted by molar-refractivity contribution is -0.118. The molecule has 0 heterocycles. The van der Waals surface area contributed by atoms with Gasteiger partial charge in [0.1, 0.15) is 5.75 Å². The highest BCUT2D eigenvalue weighted by Gasteiger charge is 2.10. The number of fused-ring (bicyclic) bond motifs is 1. The van der Waals surface area contributed by atoms with E-state index in [0.717, 1.165) is 15.2 Å². The molecule has 0 spiro atoms. The molecule has 6 heteroatoms. The molecule has 1 N–H and O–H groups in total. The van der Waals surface area contributed by atoms with Crippen molar-refractivity contribution in [2.75, 3.05) is 23.9 Å². The van der Waals surface area contributed by atoms with Gasteiger partial charge in [0.2, 0.25) is 5.91 Å². The van der Waals surface area contributed by atoms with Crippen LogP contribution in [0, 0.1) is 0 Å². The van der Waals surface area contributed by atoms with Gasteiger partial charge in [-0.3, -0.25) is 9.59 Å². The SMILES string of the molecule is CC(=O)N(C)c1cccc(NC(=O)COc2ccc3ccccc3c2Br)c1. The second kappa shape index (κ2) is 8.22. The van der Waals surface area contributed by atoms with Gasteiger partial charge < -0.3 is 15.0 Å². The van der Waals surface area contributed by atoms with Crippen molar-refractivity contribution in [2.45, 2.75) is 6.92 Å². The van der Waals surface area contributed by atoms with Gasteiger partial charge in [0.25, 0.3) is 5.91 Å². The van der Waals surface area contributed by atoms with Crippen molar-refractivity contribution in [3.8, 4) is 5.75 Å². The Morgan fingerprint density at radius 3 is 2.63 bits per heavy atom. The summed E-state index contributed by atoms with van der Waals surface area (Å²) in [4.78, 5) is 25.2. The fourth-order valence-corrected chi connectivity index (χ4v) is 3.25. The molecule has 3 aromatic rings. The van der Waals surface area contributed by atoms with Gasteiger partial charge in [-0.2, -0.15) is 0 Å². The lowest BCUT2D eigenvalue weighted by Crippen LogP contribution is -2.23. The van der Waals surface area contributed by atoms with Gasteiger partial charge >= 0.3 is 0 Å². The van der Waals surface area contributed by atoms with Gasteiger partial charge in [0.15, 0.2) is 6.61 Å². The topological polar surface area (TPSA) is 58.6 Å². The van der Waals surface area contributed by atoms with Crippen LogP contribution in [0.25, 0.3) is 10.8 Å². The van der Waals surface area contributed by atoms with Crippen molar-refractivity contribution in [3.05, 3.63) is 65.1 Å². The van der Waals surface area contributed by atoms with Crippen LogP contribution in [-0.2, 0) is 9.59 Å². The molecule has 2 amide bonds. The van der Waals surface area contributed by atoms with E-state index in [2.05, 4.69) is 21.2 Å². The Labute approximate surface area is 166 Å². The molecular formula is C21H19BrN2O3. The van der Waals surface area contributed by atoms with E-state index < -0.39 is 0 Å². The predicted octanol–water partition coefficient (Wildman–Crippen LogP) is 4.60. The van der Waals surface area contributed by atoms with Gasteiger partial charge in [-0.05, 0) is 51.0 Å². The minimum atomic E-state index is -0.280. The fourth-order valence-electron chi connectivity index (χ4n) is 2.64. The Kier molecular flexibility index (Phi) is 5.76. The molecule has 0 radical (unpaired) electrons. The standard InChI is InChI=1S/C21H19BrN2O3/c1-14(25)24(2)17-8-5-7-16(12-17)23-20(26)13-27-19-11-10-15-6-3-4-9-18(15)21(19)22/h3-12H,13H2,1-2H3,(H,23,26). The number of halogens is 1. The number of carbonyl (C=O) groups excluding carboxylic acids is 2. The molecule has 138 valence electrons. The number of carbonyl (C=O) groups is 2. The normalized spacial score (nSPS) is 10.5. The molecule has 27 heavy (non-hydrogen) atoms. The smallest absolute Gasteiger partial charge is 0.262 e. The lowest BCUT2D eigenvalue weighted by Gasteiger charge is -2.16. The number of hydrogen-bond donors (Lipinski definition) is 1. The number of nitrogens with zero attached hydrogens (tertiary/aromatic N) is 1. The maximum absolute atomic E-state index is 12.2. The first-order chi connectivity index (χ1) is 13.0. The van der Waals surface area contributed by atoms with Gasteiger partial charge in [-0.15, -0.1) is 0 Å². The second-order valence-electron chi connectivity index (χ2n) is 6.06. The zero-order chi connectivity index (χ0) is 19.4. The van der Waals surface area contributed by atoms with E-state index in [-0.39, 0.29) is 18.4 Å². The Morgan fingerprint density at radius 2 is 1.85 bits per heavy atom. The monoisotopic (exact) mass is 426 g/mol. The summed E-state index contributed by atoms with van der Waals surface area (Å²) in [7, 11) is 1.68. The summed E-state index contributed by atoms with van der Waals surface area (Å²) in [6, 6.07) is 18.8. The molecule has 0 bridgehead atoms. The molecule has 0 saturated carbocycles. The molecular weight excluding hydrogens is 408 g/mol. The van der Waals surface area contributed by atoms with Crippen molar-refractivity contribution < 1.29 is 14.3 Å². The quantitative estimate of drug-likeness (QED) is 0.648. The third kappa shape index (κ3) is 4.46. The number of ether oxygens (including phenoxy) is 1. The van der Waals surface area contributed by atoms with Crippen LogP contribution in [0.3, 0.4) is 0 Å². The lowest BCUT2D eigenvalue weighted by atomic mass is 10.1. The average molecular weight is 427 g/mol. The van der Waals surface area contributed by atoms with E-state index >= 15 is 0 Å². The van der Waals surface area contributed by atoms with Gasteiger partial charge in [-0.25, -0.2) is 0 Å². The van der Waals surface area contributed by atoms with E-state index in [1.165, 1.54) is 11.8 Å². The first-order valence-electron chi connectivity index (χ1n) is 8.40. The molecule has 3 aromatic carbocycles. The maximum Gasteiger partial charge on any atom is 0.262 e. The number of rotatable bonds is 5. The number of benzene rings is 3. The molecule has 0 aliphatic carbocycles. The van der Waals surface area contributed by atoms with Crippen LogP contribution < -0.4 is 15.0 Å². The highest BCUT2D eigenvalue weighted by atomic mass is 79.9. The summed E-state index contributed by atoms with van der Waals surface area (Å²) in [5.74, 6) is 0.245. The molecule has 0 saturated heterocycles. The maximum atomic E-state index is 12.2. The number of amides is 2. The first kappa shape index (κ1) is 18.9. The summed E-state index contributed by atoms with van der Waals surface area (Å²) < 4.78 is 6.49. The largest absolute Gasteiger partial charge is 0.483 e. The molecule has 0 unspecified atom stereocenters. The minimum absolute atomic E-state index is 0.0806. The van der Waals surface area contributed by atoms with Crippen LogP contribution in [-0.4, -0.2) is 25.5 Å². The Hall–Kier alpha value is -2.86. The van der Waals surface area contributed by atoms with E-state index in [1.54, 1.807) is 31.3 Å². The Bertz CT molecular complexity index is 1000. The van der Waals surface area contributed by atoms with Crippen LogP contribution in [0.15, 0.2) is 65.1 Å². The van der Waals surface area contributed by atoms with Crippen LogP contribution in [0.1, 0.15) is 6.92 Å². The summed E-state index contributed by atoms with van der Waals surface area (Å²) in [5.41, 5.74) is 1.31. The Morgan fingerprint density at radius 1 is 1.07 bits per heavy atom. The van der Waals surface area contributed by atoms with E-state index in [4.69, 9.17) is 4.74 Å². The van der Waals surface area contributed by atoms with Crippen molar-refractivity contribution in [1.29, 1.82) is 0 Å². The molecule has 0 fully saturated rings. The molecule has 0 aromatic heterocycles.